The number of fused-ring (bicyclic) bond motifs is 1. The predicted molar refractivity (Wildman–Crippen MR) is 81.0 cm³/mol. The Kier molecular flexibility index (Phi) is 3.43. The van der Waals surface area contributed by atoms with Gasteiger partial charge in [-0.05, 0) is 30.4 Å². The van der Waals surface area contributed by atoms with Crippen molar-refractivity contribution < 1.29 is 4.92 Å². The number of aryl methyl sites for hydroxylation is 1. The highest BCUT2D eigenvalue weighted by Crippen LogP contribution is 2.32. The highest BCUT2D eigenvalue weighted by Gasteiger charge is 2.21. The minimum absolute atomic E-state index is 0.0471. The first kappa shape index (κ1) is 13.4. The highest BCUT2D eigenvalue weighted by molar-refractivity contribution is 5.54. The molecule has 0 spiro atoms. The summed E-state index contributed by atoms with van der Waals surface area (Å²) in [6.07, 6.45) is 3.12. The standard InChI is InChI=1S/C15H16N4O2/c16-14-8-11(19(20)21)9-15(18-14)17-13-7-3-5-10-4-1-2-6-12(10)13/h1-2,4,6,8-9,13H,3,5,7H2,(H3,16,17,18). The van der Waals surface area contributed by atoms with Crippen molar-refractivity contribution in [3.63, 3.8) is 0 Å². The molecule has 0 radical (unpaired) electrons. The van der Waals surface area contributed by atoms with Crippen molar-refractivity contribution in [1.29, 1.82) is 0 Å². The Bertz CT molecular complexity index is 687. The van der Waals surface area contributed by atoms with E-state index in [0.29, 0.717) is 5.82 Å². The SMILES string of the molecule is Nc1cc([N+](=O)[O-])cc(NC2CCCc3ccccc32)n1. The summed E-state index contributed by atoms with van der Waals surface area (Å²) in [5, 5.41) is 14.2. The van der Waals surface area contributed by atoms with E-state index in [1.54, 1.807) is 0 Å². The Hall–Kier alpha value is -2.63. The molecule has 0 saturated heterocycles. The monoisotopic (exact) mass is 284 g/mol. The fraction of sp³-hybridized carbons (Fsp3) is 0.267. The van der Waals surface area contributed by atoms with Gasteiger partial charge in [0.1, 0.15) is 11.6 Å². The Morgan fingerprint density at radius 2 is 2.14 bits per heavy atom. The van der Waals surface area contributed by atoms with Gasteiger partial charge in [0.05, 0.1) is 23.1 Å². The third-order valence-electron chi connectivity index (χ3n) is 3.73. The van der Waals surface area contributed by atoms with Crippen LogP contribution in [-0.2, 0) is 6.42 Å². The average Bonchev–Trinajstić information content (AvgIpc) is 2.47. The van der Waals surface area contributed by atoms with Crippen molar-refractivity contribution >= 4 is 17.3 Å². The Balaban J connectivity index is 1.90. The van der Waals surface area contributed by atoms with Crippen molar-refractivity contribution in [2.24, 2.45) is 0 Å². The second kappa shape index (κ2) is 5.40. The fourth-order valence-electron chi connectivity index (χ4n) is 2.80. The van der Waals surface area contributed by atoms with Crippen LogP contribution >= 0.6 is 0 Å². The van der Waals surface area contributed by atoms with E-state index in [0.717, 1.165) is 19.3 Å². The average molecular weight is 284 g/mol. The summed E-state index contributed by atoms with van der Waals surface area (Å²) in [6, 6.07) is 11.1. The van der Waals surface area contributed by atoms with Crippen LogP contribution in [0.1, 0.15) is 30.0 Å². The second-order valence-corrected chi connectivity index (χ2v) is 5.18. The summed E-state index contributed by atoms with van der Waals surface area (Å²) in [6.45, 7) is 0. The molecule has 0 bridgehead atoms. The molecule has 1 heterocycles. The Labute approximate surface area is 122 Å². The summed E-state index contributed by atoms with van der Waals surface area (Å²) >= 11 is 0. The molecule has 1 aromatic heterocycles. The van der Waals surface area contributed by atoms with Crippen LogP contribution in [-0.4, -0.2) is 9.91 Å². The van der Waals surface area contributed by atoms with Crippen LogP contribution in [0.15, 0.2) is 36.4 Å². The number of nitrogens with one attached hydrogen (secondary N) is 1. The van der Waals surface area contributed by atoms with E-state index in [4.69, 9.17) is 5.73 Å². The van der Waals surface area contributed by atoms with Gasteiger partial charge in [-0.3, -0.25) is 10.1 Å². The lowest BCUT2D eigenvalue weighted by atomic mass is 9.88. The van der Waals surface area contributed by atoms with Gasteiger partial charge >= 0.3 is 0 Å². The molecule has 1 aliphatic rings. The van der Waals surface area contributed by atoms with E-state index in [9.17, 15) is 10.1 Å². The van der Waals surface area contributed by atoms with Crippen LogP contribution in [0.2, 0.25) is 0 Å². The number of nitrogens with zero attached hydrogens (tertiary/aromatic N) is 2. The van der Waals surface area contributed by atoms with E-state index in [1.165, 1.54) is 23.3 Å². The maximum atomic E-state index is 10.9. The number of anilines is 2. The third kappa shape index (κ3) is 2.79. The molecule has 1 unspecified atom stereocenters. The van der Waals surface area contributed by atoms with E-state index in [-0.39, 0.29) is 17.5 Å². The van der Waals surface area contributed by atoms with Crippen molar-refractivity contribution in [2.45, 2.75) is 25.3 Å². The first-order valence-corrected chi connectivity index (χ1v) is 6.90. The van der Waals surface area contributed by atoms with Gasteiger partial charge in [0.25, 0.3) is 5.69 Å². The first-order valence-electron chi connectivity index (χ1n) is 6.90. The molecular weight excluding hydrogens is 268 g/mol. The van der Waals surface area contributed by atoms with Crippen LogP contribution in [0.4, 0.5) is 17.3 Å². The number of rotatable bonds is 3. The molecule has 2 aromatic rings. The van der Waals surface area contributed by atoms with E-state index >= 15 is 0 Å². The van der Waals surface area contributed by atoms with Gasteiger partial charge in [-0.1, -0.05) is 24.3 Å². The summed E-state index contributed by atoms with van der Waals surface area (Å²) in [7, 11) is 0. The van der Waals surface area contributed by atoms with Gasteiger partial charge in [0, 0.05) is 0 Å². The molecule has 108 valence electrons. The number of nitrogen functional groups attached to an aromatic ring is 1. The second-order valence-electron chi connectivity index (χ2n) is 5.18. The smallest absolute Gasteiger partial charge is 0.276 e. The zero-order chi connectivity index (χ0) is 14.8. The van der Waals surface area contributed by atoms with E-state index < -0.39 is 4.92 Å². The molecule has 1 aliphatic carbocycles. The van der Waals surface area contributed by atoms with Crippen molar-refractivity contribution in [2.75, 3.05) is 11.1 Å². The van der Waals surface area contributed by atoms with Gasteiger partial charge in [-0.25, -0.2) is 4.98 Å². The van der Waals surface area contributed by atoms with Crippen LogP contribution in [0, 0.1) is 10.1 Å². The highest BCUT2D eigenvalue weighted by atomic mass is 16.6. The quantitative estimate of drug-likeness (QED) is 0.667. The maximum Gasteiger partial charge on any atom is 0.276 e. The van der Waals surface area contributed by atoms with Gasteiger partial charge in [0.15, 0.2) is 0 Å². The van der Waals surface area contributed by atoms with Crippen molar-refractivity contribution in [1.82, 2.24) is 4.98 Å². The maximum absolute atomic E-state index is 10.9. The predicted octanol–water partition coefficient (Wildman–Crippen LogP) is 3.06. The van der Waals surface area contributed by atoms with Crippen LogP contribution in [0.25, 0.3) is 0 Å². The number of benzene rings is 1. The van der Waals surface area contributed by atoms with Crippen LogP contribution in [0.5, 0.6) is 0 Å². The molecule has 0 fully saturated rings. The molecule has 0 saturated carbocycles. The molecule has 3 N–H and O–H groups in total. The molecular formula is C15H16N4O2. The van der Waals surface area contributed by atoms with Gasteiger partial charge in [-0.2, -0.15) is 0 Å². The zero-order valence-electron chi connectivity index (χ0n) is 11.5. The van der Waals surface area contributed by atoms with Crippen LogP contribution < -0.4 is 11.1 Å². The van der Waals surface area contributed by atoms with Crippen molar-refractivity contribution in [3.8, 4) is 0 Å². The lowest BCUT2D eigenvalue weighted by Gasteiger charge is -2.26. The molecule has 1 atom stereocenters. The topological polar surface area (TPSA) is 94.1 Å². The van der Waals surface area contributed by atoms with E-state index in [2.05, 4.69) is 22.4 Å². The molecule has 0 amide bonds. The Morgan fingerprint density at radius 3 is 2.95 bits per heavy atom. The molecule has 0 aliphatic heterocycles. The number of nitro groups is 1. The number of hydrogen-bond donors (Lipinski definition) is 2. The largest absolute Gasteiger partial charge is 0.383 e. The molecule has 6 heteroatoms. The Morgan fingerprint density at radius 1 is 1.33 bits per heavy atom. The summed E-state index contributed by atoms with van der Waals surface area (Å²) < 4.78 is 0. The summed E-state index contributed by atoms with van der Waals surface area (Å²) in [5.41, 5.74) is 8.15. The number of pyridine rings is 1. The zero-order valence-corrected chi connectivity index (χ0v) is 11.5. The molecule has 21 heavy (non-hydrogen) atoms. The molecule has 6 nitrogen and oxygen atoms in total. The van der Waals surface area contributed by atoms with Gasteiger partial charge < -0.3 is 11.1 Å². The fourth-order valence-corrected chi connectivity index (χ4v) is 2.80. The summed E-state index contributed by atoms with van der Waals surface area (Å²) in [5.74, 6) is 0.596. The first-order chi connectivity index (χ1) is 10.1. The number of nitrogens with two attached hydrogens (primary N) is 1. The minimum atomic E-state index is -0.460. The van der Waals surface area contributed by atoms with Gasteiger partial charge in [0.2, 0.25) is 0 Å². The minimum Gasteiger partial charge on any atom is -0.383 e. The normalized spacial score (nSPS) is 17.0. The van der Waals surface area contributed by atoms with Crippen molar-refractivity contribution in [3.05, 3.63) is 57.6 Å². The third-order valence-corrected chi connectivity index (χ3v) is 3.73. The number of aromatic nitrogens is 1. The number of hydrogen-bond acceptors (Lipinski definition) is 5. The van der Waals surface area contributed by atoms with E-state index in [1.807, 2.05) is 12.1 Å². The lowest BCUT2D eigenvalue weighted by molar-refractivity contribution is -0.384. The molecule has 3 rings (SSSR count). The van der Waals surface area contributed by atoms with Crippen LogP contribution in [0.3, 0.4) is 0 Å². The van der Waals surface area contributed by atoms with Gasteiger partial charge in [-0.15, -0.1) is 0 Å². The molecule has 1 aromatic carbocycles. The summed E-state index contributed by atoms with van der Waals surface area (Å²) in [4.78, 5) is 14.6. The lowest BCUT2D eigenvalue weighted by Crippen LogP contribution is -2.18.